The monoisotopic (exact) mass is 293 g/mol. The zero-order chi connectivity index (χ0) is 14.6. The second-order valence-corrected chi connectivity index (χ2v) is 6.37. The molecule has 0 radical (unpaired) electrons. The molecule has 0 saturated carbocycles. The number of likely N-dealkylation sites (N-methyl/N-ethyl adjacent to an activating group) is 1. The van der Waals surface area contributed by atoms with Crippen LogP contribution < -0.4 is 4.65 Å². The van der Waals surface area contributed by atoms with Gasteiger partial charge in [0.15, 0.2) is 0 Å². The molecule has 0 bridgehead atoms. The van der Waals surface area contributed by atoms with Crippen molar-refractivity contribution < 1.29 is 4.65 Å². The quantitative estimate of drug-likeness (QED) is 0.608. The standard InChI is InChI=1S/C14H19N3O2S/c1-16(2,18)9-10-17(19,12-13-6-5-11-20-13)14-7-3-4-8-15-14/h3-8,11H,9-10,12H2,1-2H3. The van der Waals surface area contributed by atoms with Crippen molar-refractivity contribution in [2.24, 2.45) is 0 Å². The van der Waals surface area contributed by atoms with Crippen molar-refractivity contribution in [3.05, 3.63) is 57.2 Å². The van der Waals surface area contributed by atoms with Crippen LogP contribution in [0, 0.1) is 10.4 Å². The van der Waals surface area contributed by atoms with E-state index in [9.17, 15) is 10.4 Å². The second-order valence-electron chi connectivity index (χ2n) is 5.34. The van der Waals surface area contributed by atoms with Crippen LogP contribution >= 0.6 is 11.3 Å². The molecule has 0 aromatic carbocycles. The molecule has 1 unspecified atom stereocenters. The fraction of sp³-hybridized carbons (Fsp3) is 0.357. The first-order valence-electron chi connectivity index (χ1n) is 6.45. The molecule has 5 nitrogen and oxygen atoms in total. The SMILES string of the molecule is C[N+](C)([O-])CC[N+]([O-])(Cc1cccs1)c1ccccn1. The largest absolute Gasteiger partial charge is 0.633 e. The number of thiophene rings is 1. The minimum atomic E-state index is -0.592. The molecule has 0 aliphatic carbocycles. The lowest BCUT2D eigenvalue weighted by Gasteiger charge is -2.43. The van der Waals surface area contributed by atoms with Crippen LogP contribution in [0.4, 0.5) is 5.82 Å². The van der Waals surface area contributed by atoms with Crippen LogP contribution in [-0.4, -0.2) is 36.8 Å². The summed E-state index contributed by atoms with van der Waals surface area (Å²) in [6.45, 7) is 0.783. The van der Waals surface area contributed by atoms with Gasteiger partial charge in [-0.15, -0.1) is 11.3 Å². The Balaban J connectivity index is 2.23. The Hall–Kier alpha value is -1.31. The Bertz CT molecular complexity index is 525. The zero-order valence-electron chi connectivity index (χ0n) is 11.7. The number of hydrogen-bond donors (Lipinski definition) is 0. The summed E-state index contributed by atoms with van der Waals surface area (Å²) in [6.07, 6.45) is 1.62. The molecule has 0 N–H and O–H groups in total. The highest BCUT2D eigenvalue weighted by Crippen LogP contribution is 2.24. The third-order valence-corrected chi connectivity index (χ3v) is 3.92. The van der Waals surface area contributed by atoms with Crippen LogP contribution in [0.2, 0.25) is 0 Å². The molecule has 0 amide bonds. The Morgan fingerprint density at radius 1 is 1.10 bits per heavy atom. The number of hydroxylamine groups is 5. The summed E-state index contributed by atoms with van der Waals surface area (Å²) in [5.74, 6) is 0.453. The first-order chi connectivity index (χ1) is 9.39. The van der Waals surface area contributed by atoms with Crippen molar-refractivity contribution >= 4 is 17.2 Å². The number of quaternary nitrogens is 2. The molecule has 2 aromatic heterocycles. The van der Waals surface area contributed by atoms with Crippen molar-refractivity contribution in [1.29, 1.82) is 0 Å². The van der Waals surface area contributed by atoms with Gasteiger partial charge in [-0.3, -0.25) is 0 Å². The van der Waals surface area contributed by atoms with E-state index in [-0.39, 0.29) is 13.1 Å². The Kier molecular flexibility index (Phi) is 4.52. The summed E-state index contributed by atoms with van der Waals surface area (Å²) in [5.41, 5.74) is 0. The van der Waals surface area contributed by atoms with Crippen LogP contribution in [0.15, 0.2) is 41.9 Å². The van der Waals surface area contributed by atoms with Gasteiger partial charge in [0.05, 0.1) is 19.0 Å². The van der Waals surface area contributed by atoms with Crippen molar-refractivity contribution in [1.82, 2.24) is 9.63 Å². The van der Waals surface area contributed by atoms with Gasteiger partial charge in [-0.05, 0) is 17.5 Å². The predicted octanol–water partition coefficient (Wildman–Crippen LogP) is 2.72. The summed E-state index contributed by atoms with van der Waals surface area (Å²) >= 11 is 1.55. The van der Waals surface area contributed by atoms with Gasteiger partial charge in [-0.2, -0.15) is 0 Å². The van der Waals surface area contributed by atoms with E-state index in [4.69, 9.17) is 0 Å². The van der Waals surface area contributed by atoms with Gasteiger partial charge >= 0.3 is 0 Å². The van der Waals surface area contributed by atoms with Crippen molar-refractivity contribution in [3.8, 4) is 0 Å². The van der Waals surface area contributed by atoms with Crippen molar-refractivity contribution in [2.75, 3.05) is 27.2 Å². The highest BCUT2D eigenvalue weighted by molar-refractivity contribution is 7.09. The van der Waals surface area contributed by atoms with Gasteiger partial charge in [0.25, 0.3) is 0 Å². The fourth-order valence-corrected chi connectivity index (χ4v) is 2.70. The summed E-state index contributed by atoms with van der Waals surface area (Å²) < 4.78 is -1.06. The molecule has 6 heteroatoms. The highest BCUT2D eigenvalue weighted by Gasteiger charge is 2.25. The van der Waals surface area contributed by atoms with Crippen LogP contribution in [-0.2, 0) is 6.54 Å². The first-order valence-corrected chi connectivity index (χ1v) is 7.33. The zero-order valence-corrected chi connectivity index (χ0v) is 12.5. The second kappa shape index (κ2) is 5.99. The lowest BCUT2D eigenvalue weighted by molar-refractivity contribution is -0.839. The molecule has 2 rings (SSSR count). The van der Waals surface area contributed by atoms with Crippen LogP contribution in [0.5, 0.6) is 0 Å². The first kappa shape index (κ1) is 15.1. The minimum Gasteiger partial charge on any atom is -0.633 e. The Labute approximate surface area is 123 Å². The van der Waals surface area contributed by atoms with Gasteiger partial charge in [-0.25, -0.2) is 4.98 Å². The molecule has 0 aliphatic rings. The van der Waals surface area contributed by atoms with E-state index < -0.39 is 9.29 Å². The normalized spacial score (nSPS) is 15.0. The number of hydrogen-bond acceptors (Lipinski definition) is 4. The van der Waals surface area contributed by atoms with E-state index in [1.165, 1.54) is 0 Å². The van der Waals surface area contributed by atoms with Gasteiger partial charge in [0, 0.05) is 12.3 Å². The minimum absolute atomic E-state index is 0.214. The highest BCUT2D eigenvalue weighted by atomic mass is 32.1. The maximum absolute atomic E-state index is 13.2. The molecule has 108 valence electrons. The molecule has 0 fully saturated rings. The van der Waals surface area contributed by atoms with Gasteiger partial charge in [0.2, 0.25) is 5.82 Å². The molecule has 0 spiro atoms. The molecule has 20 heavy (non-hydrogen) atoms. The lowest BCUT2D eigenvalue weighted by atomic mass is 10.3. The Morgan fingerprint density at radius 3 is 2.45 bits per heavy atom. The number of pyridine rings is 1. The molecular formula is C14H19N3O2S. The summed E-state index contributed by atoms with van der Waals surface area (Å²) in [4.78, 5) is 5.19. The van der Waals surface area contributed by atoms with Crippen molar-refractivity contribution in [3.63, 3.8) is 0 Å². The van der Waals surface area contributed by atoms with Gasteiger partial charge < -0.3 is 19.7 Å². The van der Waals surface area contributed by atoms with Gasteiger partial charge in [-0.1, -0.05) is 12.1 Å². The van der Waals surface area contributed by atoms with E-state index in [1.54, 1.807) is 49.8 Å². The number of aromatic nitrogens is 1. The van der Waals surface area contributed by atoms with E-state index >= 15 is 0 Å². The van der Waals surface area contributed by atoms with Crippen LogP contribution in [0.1, 0.15) is 4.88 Å². The topological polar surface area (TPSA) is 59.0 Å². The third-order valence-electron chi connectivity index (χ3n) is 3.06. The molecule has 2 aromatic rings. The fourth-order valence-electron chi connectivity index (χ4n) is 1.93. The van der Waals surface area contributed by atoms with E-state index in [0.29, 0.717) is 12.4 Å². The molecular weight excluding hydrogens is 274 g/mol. The van der Waals surface area contributed by atoms with E-state index in [2.05, 4.69) is 4.98 Å². The molecule has 0 saturated heterocycles. The maximum atomic E-state index is 13.2. The summed E-state index contributed by atoms with van der Waals surface area (Å²) in [6, 6.07) is 9.18. The predicted molar refractivity (Wildman–Crippen MR) is 82.6 cm³/mol. The van der Waals surface area contributed by atoms with Crippen molar-refractivity contribution in [2.45, 2.75) is 6.54 Å². The van der Waals surface area contributed by atoms with Crippen LogP contribution in [0.3, 0.4) is 0 Å². The van der Waals surface area contributed by atoms with Crippen LogP contribution in [0.25, 0.3) is 0 Å². The van der Waals surface area contributed by atoms with E-state index in [0.717, 1.165) is 4.88 Å². The molecule has 0 aliphatic heterocycles. The molecule has 2 heterocycles. The number of nitrogens with zero attached hydrogens (tertiary/aromatic N) is 3. The lowest BCUT2D eigenvalue weighted by Crippen LogP contribution is -2.50. The molecule has 1 atom stereocenters. The average molecular weight is 293 g/mol. The smallest absolute Gasteiger partial charge is 0.227 e. The third kappa shape index (κ3) is 4.09. The van der Waals surface area contributed by atoms with Gasteiger partial charge in [0.1, 0.15) is 19.6 Å². The average Bonchev–Trinajstić information content (AvgIpc) is 2.89. The van der Waals surface area contributed by atoms with E-state index in [1.807, 2.05) is 17.5 Å². The Morgan fingerprint density at radius 2 is 1.90 bits per heavy atom. The summed E-state index contributed by atoms with van der Waals surface area (Å²) in [5, 5.41) is 26.9. The summed E-state index contributed by atoms with van der Waals surface area (Å²) in [7, 11) is 3.10. The maximum Gasteiger partial charge on any atom is 0.227 e. The number of rotatable bonds is 6.